The molecule has 0 saturated carbocycles. The number of phosphoric acid groups is 1. The predicted molar refractivity (Wildman–Crippen MR) is 364 cm³/mol. The number of carbonyl (C=O) groups is 2. The molecule has 0 heterocycles. The number of ether oxygens (including phenoxy) is 2. The van der Waals surface area contributed by atoms with Gasteiger partial charge >= 0.3 is 11.9 Å². The number of hydrogen-bond donors (Lipinski definition) is 0. The third kappa shape index (κ3) is 68.9. The number of hydrogen-bond acceptors (Lipinski definition) is 8. The van der Waals surface area contributed by atoms with Crippen molar-refractivity contribution in [2.75, 3.05) is 47.5 Å². The van der Waals surface area contributed by atoms with Gasteiger partial charge in [-0.05, 0) is 103 Å². The molecule has 10 heteroatoms. The van der Waals surface area contributed by atoms with E-state index in [0.717, 1.165) is 122 Å². The van der Waals surface area contributed by atoms with Gasteiger partial charge in [-0.3, -0.25) is 14.2 Å². The van der Waals surface area contributed by atoms with Crippen LogP contribution in [-0.2, 0) is 32.7 Å². The van der Waals surface area contributed by atoms with Gasteiger partial charge in [0.1, 0.15) is 19.8 Å². The Labute approximate surface area is 523 Å². The lowest BCUT2D eigenvalue weighted by atomic mass is 10.0. The maximum Gasteiger partial charge on any atom is 0.306 e. The zero-order valence-electron chi connectivity index (χ0n) is 55.0. The van der Waals surface area contributed by atoms with E-state index in [9.17, 15) is 19.0 Å². The van der Waals surface area contributed by atoms with Crippen LogP contribution >= 0.6 is 7.82 Å². The highest BCUT2D eigenvalue weighted by Crippen LogP contribution is 2.38. The smallest absolute Gasteiger partial charge is 0.306 e. The molecule has 0 N–H and O–H groups in total. The number of nitrogens with zero attached hydrogens (tertiary/aromatic N) is 1. The van der Waals surface area contributed by atoms with Crippen LogP contribution in [0.1, 0.15) is 264 Å². The van der Waals surface area contributed by atoms with E-state index >= 15 is 0 Å². The molecule has 2 atom stereocenters. The van der Waals surface area contributed by atoms with Gasteiger partial charge in [0.2, 0.25) is 0 Å². The largest absolute Gasteiger partial charge is 0.756 e. The van der Waals surface area contributed by atoms with Crippen LogP contribution in [0.5, 0.6) is 0 Å². The van der Waals surface area contributed by atoms with Gasteiger partial charge in [-0.15, -0.1) is 0 Å². The van der Waals surface area contributed by atoms with Crippen LogP contribution in [0, 0.1) is 0 Å². The number of phosphoric ester groups is 1. The summed E-state index contributed by atoms with van der Waals surface area (Å²) in [6.45, 7) is 4.10. The summed E-state index contributed by atoms with van der Waals surface area (Å²) in [5.74, 6) is -0.864. The van der Waals surface area contributed by atoms with E-state index in [4.69, 9.17) is 18.5 Å². The normalized spacial score (nSPS) is 14.1. The molecule has 0 aromatic carbocycles. The number of unbranched alkanes of at least 4 members (excludes halogenated alkanes) is 23. The van der Waals surface area contributed by atoms with E-state index in [2.05, 4.69) is 160 Å². The van der Waals surface area contributed by atoms with Crippen molar-refractivity contribution in [3.05, 3.63) is 146 Å². The minimum Gasteiger partial charge on any atom is -0.756 e. The quantitative estimate of drug-likeness (QED) is 0.0195. The Morgan fingerprint density at radius 3 is 1.00 bits per heavy atom. The number of rotatable bonds is 61. The maximum atomic E-state index is 12.8. The standard InChI is InChI=1S/C75H126NO8P/c1-6-8-10-12-14-16-18-20-22-24-26-28-29-30-31-32-33-34-35-36-37-38-39-40-41-42-43-44-45-46-47-48-50-52-54-56-58-60-62-64-66-68-75(78)84-73(72-83-85(79,80)82-70-69-76(3,4)5)71-81-74(77)67-65-63-61-59-57-55-53-51-49-27-25-23-21-19-17-15-13-11-9-7-2/h8,10,14,16,20,22,26,28,30-31,33-34,36-37,39-40,42-43,45-46,48,50,54,56,73H,6-7,9,11-13,15,17-19,21,23-25,27,29,32,35,38,41,44,47,49,51-53,55,57-72H2,1-5H3/b10-8-,16-14-,22-20-,28-26-,31-30-,34-33-,37-36-,40-39-,43-42-,46-45-,50-48-,56-54-. The van der Waals surface area contributed by atoms with Crippen molar-refractivity contribution < 1.29 is 42.1 Å². The van der Waals surface area contributed by atoms with Crippen LogP contribution < -0.4 is 4.89 Å². The van der Waals surface area contributed by atoms with Gasteiger partial charge in [0.25, 0.3) is 7.82 Å². The molecule has 0 spiro atoms. The van der Waals surface area contributed by atoms with Crippen LogP contribution in [0.25, 0.3) is 0 Å². The fourth-order valence-corrected chi connectivity index (χ4v) is 9.66. The first kappa shape index (κ1) is 80.9. The van der Waals surface area contributed by atoms with E-state index in [0.29, 0.717) is 17.4 Å². The summed E-state index contributed by atoms with van der Waals surface area (Å²) in [7, 11) is 1.14. The Balaban J connectivity index is 4.17. The molecule has 0 aromatic heterocycles. The number of carbonyl (C=O) groups excluding carboxylic acids is 2. The minimum absolute atomic E-state index is 0.0419. The summed E-state index contributed by atoms with van der Waals surface area (Å²) in [4.78, 5) is 38.0. The molecule has 0 rings (SSSR count). The average Bonchev–Trinajstić information content (AvgIpc) is 3.51. The van der Waals surface area contributed by atoms with Crippen molar-refractivity contribution in [2.24, 2.45) is 0 Å². The highest BCUT2D eigenvalue weighted by atomic mass is 31.2. The summed E-state index contributed by atoms with van der Waals surface area (Å²) in [6.07, 6.45) is 94.9. The van der Waals surface area contributed by atoms with Crippen molar-refractivity contribution >= 4 is 19.8 Å². The summed E-state index contributed by atoms with van der Waals surface area (Å²) in [5, 5.41) is 0. The predicted octanol–water partition coefficient (Wildman–Crippen LogP) is 21.6. The molecular formula is C75H126NO8P. The van der Waals surface area contributed by atoms with Crippen molar-refractivity contribution in [1.29, 1.82) is 0 Å². The molecule has 2 unspecified atom stereocenters. The van der Waals surface area contributed by atoms with Gasteiger partial charge in [0.05, 0.1) is 27.7 Å². The van der Waals surface area contributed by atoms with Crippen molar-refractivity contribution in [3.8, 4) is 0 Å². The van der Waals surface area contributed by atoms with Gasteiger partial charge in [0, 0.05) is 12.8 Å². The van der Waals surface area contributed by atoms with Crippen LogP contribution in [-0.4, -0.2) is 70.0 Å². The summed E-state index contributed by atoms with van der Waals surface area (Å²) < 4.78 is 34.2. The molecule has 0 aliphatic rings. The minimum atomic E-state index is -4.66. The highest BCUT2D eigenvalue weighted by Gasteiger charge is 2.22. The fraction of sp³-hybridized carbons (Fsp3) is 0.653. The van der Waals surface area contributed by atoms with E-state index in [1.54, 1.807) is 0 Å². The SMILES string of the molecule is CC/C=C\C/C=C\C/C=C\C/C=C\C/C=C\C/C=C\C/C=C\C/C=C\C/C=C\C/C=C\C/C=C\C/C=C\CCCCCCC(=O)OC(COC(=O)CCCCCCCCCCCCCCCCCCCCCC)COP(=O)([O-])OCC[N+](C)(C)C. The van der Waals surface area contributed by atoms with Gasteiger partial charge in [-0.1, -0.05) is 295 Å². The number of esters is 2. The molecule has 85 heavy (non-hydrogen) atoms. The lowest BCUT2D eigenvalue weighted by Crippen LogP contribution is -2.37. The molecule has 0 aliphatic carbocycles. The van der Waals surface area contributed by atoms with Gasteiger partial charge in [-0.2, -0.15) is 0 Å². The van der Waals surface area contributed by atoms with E-state index in [1.165, 1.54) is 109 Å². The van der Waals surface area contributed by atoms with Gasteiger partial charge in [-0.25, -0.2) is 0 Å². The van der Waals surface area contributed by atoms with Crippen molar-refractivity contribution in [3.63, 3.8) is 0 Å². The summed E-state index contributed by atoms with van der Waals surface area (Å²) >= 11 is 0. The second-order valence-corrected chi connectivity index (χ2v) is 24.9. The van der Waals surface area contributed by atoms with Crippen LogP contribution in [0.4, 0.5) is 0 Å². The fourth-order valence-electron chi connectivity index (χ4n) is 8.93. The van der Waals surface area contributed by atoms with Crippen molar-refractivity contribution in [1.82, 2.24) is 0 Å². The van der Waals surface area contributed by atoms with E-state index in [-0.39, 0.29) is 26.1 Å². The third-order valence-electron chi connectivity index (χ3n) is 14.1. The highest BCUT2D eigenvalue weighted by molar-refractivity contribution is 7.45. The molecule has 0 aromatic rings. The molecule has 0 radical (unpaired) electrons. The molecule has 9 nitrogen and oxygen atoms in total. The molecular weight excluding hydrogens is 1070 g/mol. The molecule has 0 aliphatic heterocycles. The van der Waals surface area contributed by atoms with Crippen LogP contribution in [0.2, 0.25) is 0 Å². The van der Waals surface area contributed by atoms with E-state index < -0.39 is 32.5 Å². The number of likely N-dealkylation sites (N-methyl/N-ethyl adjacent to an activating group) is 1. The van der Waals surface area contributed by atoms with Crippen LogP contribution in [0.3, 0.4) is 0 Å². The second-order valence-electron chi connectivity index (χ2n) is 23.5. The summed E-state index contributed by atoms with van der Waals surface area (Å²) in [5.41, 5.74) is 0. The lowest BCUT2D eigenvalue weighted by molar-refractivity contribution is -0.870. The lowest BCUT2D eigenvalue weighted by Gasteiger charge is -2.28. The average molecular weight is 1200 g/mol. The topological polar surface area (TPSA) is 111 Å². The Bertz CT molecular complexity index is 1940. The number of allylic oxidation sites excluding steroid dienone is 24. The second kappa shape index (κ2) is 64.4. The summed E-state index contributed by atoms with van der Waals surface area (Å²) in [6, 6.07) is 0. The third-order valence-corrected chi connectivity index (χ3v) is 15.1. The maximum absolute atomic E-state index is 12.8. The Kier molecular flexibility index (Phi) is 61.3. The number of quaternary nitrogens is 1. The monoisotopic (exact) mass is 1200 g/mol. The first-order valence-electron chi connectivity index (χ1n) is 34.0. The zero-order valence-corrected chi connectivity index (χ0v) is 55.9. The van der Waals surface area contributed by atoms with Crippen LogP contribution in [0.15, 0.2) is 146 Å². The van der Waals surface area contributed by atoms with Gasteiger partial charge < -0.3 is 27.9 Å². The molecule has 0 saturated heterocycles. The Hall–Kier alpha value is -4.11. The Morgan fingerprint density at radius 2 is 0.671 bits per heavy atom. The zero-order chi connectivity index (χ0) is 61.9. The first-order chi connectivity index (χ1) is 41.5. The van der Waals surface area contributed by atoms with Gasteiger partial charge in [0.15, 0.2) is 6.10 Å². The first-order valence-corrected chi connectivity index (χ1v) is 35.5. The van der Waals surface area contributed by atoms with E-state index in [1.807, 2.05) is 21.1 Å². The molecule has 0 amide bonds. The van der Waals surface area contributed by atoms with Crippen molar-refractivity contribution in [2.45, 2.75) is 270 Å². The molecule has 484 valence electrons. The molecule has 0 bridgehead atoms. The Morgan fingerprint density at radius 1 is 0.376 bits per heavy atom. The molecule has 0 fully saturated rings.